The number of rotatable bonds is 6. The molecule has 3 rings (SSSR count). The fraction of sp³-hybridized carbons (Fsp3) is 0.136. The molecule has 0 aliphatic heterocycles. The normalized spacial score (nSPS) is 11.0. The third kappa shape index (κ3) is 5.41. The Hall–Kier alpha value is -3.67. The van der Waals surface area contributed by atoms with Crippen molar-refractivity contribution >= 4 is 17.6 Å². The summed E-state index contributed by atoms with van der Waals surface area (Å²) in [6, 6.07) is 20.3. The maximum absolute atomic E-state index is 12.6. The van der Waals surface area contributed by atoms with Gasteiger partial charge in [-0.1, -0.05) is 36.4 Å². The molecule has 0 aliphatic carbocycles. The minimum atomic E-state index is -0.244. The first kappa shape index (κ1) is 19.1. The van der Waals surface area contributed by atoms with Gasteiger partial charge < -0.3 is 10.1 Å². The van der Waals surface area contributed by atoms with E-state index in [9.17, 15) is 4.79 Å². The standard InChI is InChI=1S/C22H22N4O2/c1-2-28-20-13-7-6-12-19(20)25-22(24-16-17-9-8-14-23-15-17)26-21(27)18-10-4-3-5-11-18/h3-15H,2,16H2,1H3,(H2,24,25,26,27). The third-order valence-electron chi connectivity index (χ3n) is 3.85. The van der Waals surface area contributed by atoms with Gasteiger partial charge in [0.2, 0.25) is 5.96 Å². The van der Waals surface area contributed by atoms with E-state index in [1.165, 1.54) is 0 Å². The maximum atomic E-state index is 12.6. The summed E-state index contributed by atoms with van der Waals surface area (Å²) < 4.78 is 5.65. The minimum absolute atomic E-state index is 0.244. The number of ether oxygens (including phenoxy) is 1. The van der Waals surface area contributed by atoms with Gasteiger partial charge in [-0.25, -0.2) is 4.99 Å². The fourth-order valence-corrected chi connectivity index (χ4v) is 2.52. The van der Waals surface area contributed by atoms with E-state index >= 15 is 0 Å². The first-order valence-electron chi connectivity index (χ1n) is 9.05. The number of carbonyl (C=O) groups is 1. The zero-order valence-corrected chi connectivity index (χ0v) is 15.6. The Morgan fingerprint density at radius 3 is 2.57 bits per heavy atom. The molecule has 1 heterocycles. The summed E-state index contributed by atoms with van der Waals surface area (Å²) in [7, 11) is 0. The van der Waals surface area contributed by atoms with Gasteiger partial charge in [-0.15, -0.1) is 0 Å². The average molecular weight is 374 g/mol. The van der Waals surface area contributed by atoms with Crippen LogP contribution in [0.1, 0.15) is 22.8 Å². The highest BCUT2D eigenvalue weighted by Crippen LogP contribution is 2.23. The zero-order valence-electron chi connectivity index (χ0n) is 15.6. The van der Waals surface area contributed by atoms with Gasteiger partial charge in [0.05, 0.1) is 18.8 Å². The monoisotopic (exact) mass is 374 g/mol. The Balaban J connectivity index is 1.83. The van der Waals surface area contributed by atoms with Crippen LogP contribution in [0.15, 0.2) is 84.1 Å². The van der Waals surface area contributed by atoms with Crippen molar-refractivity contribution in [2.24, 2.45) is 4.99 Å². The molecule has 0 saturated heterocycles. The van der Waals surface area contributed by atoms with Crippen LogP contribution in [0, 0.1) is 0 Å². The van der Waals surface area contributed by atoms with Gasteiger partial charge in [0.25, 0.3) is 5.91 Å². The number of aliphatic imine (C=N–C) groups is 1. The van der Waals surface area contributed by atoms with Crippen molar-refractivity contribution in [1.29, 1.82) is 0 Å². The second-order valence-corrected chi connectivity index (χ2v) is 5.90. The molecular formula is C22H22N4O2. The molecule has 28 heavy (non-hydrogen) atoms. The number of nitrogens with zero attached hydrogens (tertiary/aromatic N) is 2. The van der Waals surface area contributed by atoms with Crippen molar-refractivity contribution in [2.75, 3.05) is 11.9 Å². The molecule has 1 amide bonds. The molecule has 6 heteroatoms. The highest BCUT2D eigenvalue weighted by molar-refractivity contribution is 6.10. The summed E-state index contributed by atoms with van der Waals surface area (Å²) in [6.45, 7) is 2.84. The molecule has 0 bridgehead atoms. The van der Waals surface area contributed by atoms with E-state index in [1.807, 2.05) is 61.5 Å². The van der Waals surface area contributed by atoms with Crippen molar-refractivity contribution < 1.29 is 9.53 Å². The molecule has 142 valence electrons. The van der Waals surface area contributed by atoms with Crippen LogP contribution >= 0.6 is 0 Å². The summed E-state index contributed by atoms with van der Waals surface area (Å²) >= 11 is 0. The number of carbonyl (C=O) groups excluding carboxylic acids is 1. The van der Waals surface area contributed by atoms with Crippen LogP contribution in [0.25, 0.3) is 0 Å². The number of benzene rings is 2. The molecule has 2 N–H and O–H groups in total. The molecule has 0 aliphatic rings. The number of amides is 1. The maximum Gasteiger partial charge on any atom is 0.257 e. The highest BCUT2D eigenvalue weighted by atomic mass is 16.5. The topological polar surface area (TPSA) is 75.6 Å². The Kier molecular flexibility index (Phi) is 6.73. The van der Waals surface area contributed by atoms with E-state index in [0.717, 1.165) is 11.3 Å². The van der Waals surface area contributed by atoms with Crippen molar-refractivity contribution in [1.82, 2.24) is 10.3 Å². The van der Waals surface area contributed by atoms with Crippen LogP contribution in [0.3, 0.4) is 0 Å². The van der Waals surface area contributed by atoms with E-state index in [0.29, 0.717) is 30.4 Å². The molecule has 3 aromatic rings. The molecule has 0 spiro atoms. The SMILES string of the molecule is CCOc1ccccc1NC(=NCc1cccnc1)NC(=O)c1ccccc1. The Morgan fingerprint density at radius 1 is 1.04 bits per heavy atom. The van der Waals surface area contributed by atoms with Crippen LogP contribution in [-0.4, -0.2) is 23.5 Å². The Morgan fingerprint density at radius 2 is 1.82 bits per heavy atom. The fourth-order valence-electron chi connectivity index (χ4n) is 2.52. The minimum Gasteiger partial charge on any atom is -0.492 e. The molecule has 0 fully saturated rings. The average Bonchev–Trinajstić information content (AvgIpc) is 2.75. The van der Waals surface area contributed by atoms with E-state index in [4.69, 9.17) is 4.74 Å². The van der Waals surface area contributed by atoms with Crippen LogP contribution in [0.4, 0.5) is 5.69 Å². The molecule has 0 radical (unpaired) electrons. The summed E-state index contributed by atoms with van der Waals surface area (Å²) in [5, 5.41) is 6.02. The van der Waals surface area contributed by atoms with Gasteiger partial charge >= 0.3 is 0 Å². The molecular weight excluding hydrogens is 352 g/mol. The molecule has 2 aromatic carbocycles. The largest absolute Gasteiger partial charge is 0.492 e. The third-order valence-corrected chi connectivity index (χ3v) is 3.85. The zero-order chi connectivity index (χ0) is 19.6. The first-order valence-corrected chi connectivity index (χ1v) is 9.05. The predicted molar refractivity (Wildman–Crippen MR) is 111 cm³/mol. The van der Waals surface area contributed by atoms with Gasteiger partial charge in [0.1, 0.15) is 5.75 Å². The van der Waals surface area contributed by atoms with Crippen LogP contribution in [0.5, 0.6) is 5.75 Å². The number of hydrogen-bond donors (Lipinski definition) is 2. The van der Waals surface area contributed by atoms with Crippen molar-refractivity contribution in [3.05, 3.63) is 90.3 Å². The number of anilines is 1. The smallest absolute Gasteiger partial charge is 0.257 e. The van der Waals surface area contributed by atoms with Gasteiger partial charge in [-0.2, -0.15) is 0 Å². The lowest BCUT2D eigenvalue weighted by molar-refractivity contribution is 0.0977. The first-order chi connectivity index (χ1) is 13.8. The van der Waals surface area contributed by atoms with Gasteiger partial charge in [0.15, 0.2) is 0 Å². The number of para-hydroxylation sites is 2. The molecule has 0 saturated carbocycles. The number of nitrogens with one attached hydrogen (secondary N) is 2. The second-order valence-electron chi connectivity index (χ2n) is 5.90. The van der Waals surface area contributed by atoms with Crippen LogP contribution < -0.4 is 15.4 Å². The number of hydrogen-bond acceptors (Lipinski definition) is 4. The number of guanidine groups is 1. The molecule has 1 aromatic heterocycles. The van der Waals surface area contributed by atoms with Gasteiger partial charge in [0, 0.05) is 18.0 Å². The number of pyridine rings is 1. The second kappa shape index (κ2) is 9.87. The van der Waals surface area contributed by atoms with Crippen molar-refractivity contribution in [3.63, 3.8) is 0 Å². The summed E-state index contributed by atoms with van der Waals surface area (Å²) in [4.78, 5) is 21.2. The molecule has 0 unspecified atom stereocenters. The van der Waals surface area contributed by atoms with E-state index in [2.05, 4.69) is 20.6 Å². The molecule has 6 nitrogen and oxygen atoms in total. The molecule has 0 atom stereocenters. The van der Waals surface area contributed by atoms with Crippen molar-refractivity contribution in [3.8, 4) is 5.75 Å². The lowest BCUT2D eigenvalue weighted by Gasteiger charge is -2.15. The van der Waals surface area contributed by atoms with Gasteiger partial charge in [-0.3, -0.25) is 15.1 Å². The summed E-state index contributed by atoms with van der Waals surface area (Å²) in [5.74, 6) is 0.782. The summed E-state index contributed by atoms with van der Waals surface area (Å²) in [5.41, 5.74) is 2.22. The Bertz CT molecular complexity index is 928. The van der Waals surface area contributed by atoms with E-state index in [-0.39, 0.29) is 5.91 Å². The Labute approximate surface area is 164 Å². The lowest BCUT2D eigenvalue weighted by Crippen LogP contribution is -2.36. The van der Waals surface area contributed by atoms with Crippen molar-refractivity contribution in [2.45, 2.75) is 13.5 Å². The van der Waals surface area contributed by atoms with Gasteiger partial charge in [-0.05, 0) is 42.8 Å². The van der Waals surface area contributed by atoms with Crippen LogP contribution in [0.2, 0.25) is 0 Å². The highest BCUT2D eigenvalue weighted by Gasteiger charge is 2.11. The van der Waals surface area contributed by atoms with E-state index in [1.54, 1.807) is 24.5 Å². The summed E-state index contributed by atoms with van der Waals surface area (Å²) in [6.07, 6.45) is 3.45. The quantitative estimate of drug-likeness (QED) is 0.507. The van der Waals surface area contributed by atoms with E-state index < -0.39 is 0 Å². The lowest BCUT2D eigenvalue weighted by atomic mass is 10.2. The predicted octanol–water partition coefficient (Wildman–Crippen LogP) is 3.88. The number of aromatic nitrogens is 1. The van der Waals surface area contributed by atoms with Crippen LogP contribution in [-0.2, 0) is 6.54 Å².